The standard InChI is InChI=1S/C14H32N2O2.C2H6.H2/c1-6-16(10-13(2)3)11-14(17-5)12-18-9-7-8-15-4;1-2;/h13-15H,6-12H2,1-5H3;1-2H3;1H/t14-;;/m0../s1. The van der Waals surface area contributed by atoms with Gasteiger partial charge in [0.1, 0.15) is 0 Å². The highest BCUT2D eigenvalue weighted by Crippen LogP contribution is 2.02. The van der Waals surface area contributed by atoms with Gasteiger partial charge in [0.25, 0.3) is 0 Å². The van der Waals surface area contributed by atoms with Gasteiger partial charge in [-0.3, -0.25) is 0 Å². The first-order chi connectivity index (χ1) is 9.63. The van der Waals surface area contributed by atoms with E-state index in [-0.39, 0.29) is 7.53 Å². The average Bonchev–Trinajstić information content (AvgIpc) is 2.46. The number of rotatable bonds is 12. The fourth-order valence-electron chi connectivity index (χ4n) is 1.90. The van der Waals surface area contributed by atoms with Gasteiger partial charge in [-0.15, -0.1) is 0 Å². The van der Waals surface area contributed by atoms with Gasteiger partial charge in [0.05, 0.1) is 12.7 Å². The van der Waals surface area contributed by atoms with Crippen LogP contribution < -0.4 is 5.32 Å². The van der Waals surface area contributed by atoms with Crippen LogP contribution in [-0.4, -0.2) is 64.6 Å². The highest BCUT2D eigenvalue weighted by Gasteiger charge is 2.13. The van der Waals surface area contributed by atoms with E-state index >= 15 is 0 Å². The van der Waals surface area contributed by atoms with Gasteiger partial charge in [0.15, 0.2) is 0 Å². The molecular weight excluding hydrogens is 252 g/mol. The summed E-state index contributed by atoms with van der Waals surface area (Å²) in [6.45, 7) is 16.3. The Morgan fingerprint density at radius 2 is 1.85 bits per heavy atom. The van der Waals surface area contributed by atoms with E-state index in [0.717, 1.165) is 39.2 Å². The third-order valence-electron chi connectivity index (χ3n) is 2.88. The fourth-order valence-corrected chi connectivity index (χ4v) is 1.90. The molecule has 0 radical (unpaired) electrons. The van der Waals surface area contributed by atoms with E-state index in [9.17, 15) is 0 Å². The molecular formula is C16H40N2O2. The van der Waals surface area contributed by atoms with E-state index in [2.05, 4.69) is 31.0 Å². The summed E-state index contributed by atoms with van der Waals surface area (Å²) in [5.74, 6) is 0.694. The van der Waals surface area contributed by atoms with Crippen LogP contribution in [0.2, 0.25) is 0 Å². The number of methoxy groups -OCH3 is 1. The molecule has 0 spiro atoms. The molecule has 20 heavy (non-hydrogen) atoms. The molecule has 4 heteroatoms. The predicted octanol–water partition coefficient (Wildman–Crippen LogP) is 2.88. The Morgan fingerprint density at radius 1 is 1.20 bits per heavy atom. The van der Waals surface area contributed by atoms with Gasteiger partial charge in [0.2, 0.25) is 0 Å². The molecule has 0 unspecified atom stereocenters. The van der Waals surface area contributed by atoms with Crippen molar-refractivity contribution in [1.29, 1.82) is 0 Å². The van der Waals surface area contributed by atoms with E-state index in [4.69, 9.17) is 9.47 Å². The third kappa shape index (κ3) is 14.3. The molecule has 0 fully saturated rings. The molecule has 0 aromatic carbocycles. The van der Waals surface area contributed by atoms with Crippen molar-refractivity contribution in [3.63, 3.8) is 0 Å². The van der Waals surface area contributed by atoms with E-state index in [0.29, 0.717) is 12.5 Å². The van der Waals surface area contributed by atoms with Crippen molar-refractivity contribution in [2.45, 2.75) is 47.1 Å². The van der Waals surface area contributed by atoms with Gasteiger partial charge in [0, 0.05) is 28.2 Å². The van der Waals surface area contributed by atoms with Crippen LogP contribution in [0.25, 0.3) is 0 Å². The maximum Gasteiger partial charge on any atom is 0.0931 e. The average molecular weight is 293 g/mol. The Bertz CT molecular complexity index is 184. The number of nitrogens with one attached hydrogen (secondary N) is 1. The van der Waals surface area contributed by atoms with Crippen molar-refractivity contribution < 1.29 is 10.9 Å². The van der Waals surface area contributed by atoms with E-state index in [1.54, 1.807) is 7.11 Å². The topological polar surface area (TPSA) is 33.7 Å². The summed E-state index contributed by atoms with van der Waals surface area (Å²) in [6, 6.07) is 0. The molecule has 0 saturated carbocycles. The number of nitrogens with zero attached hydrogens (tertiary/aromatic N) is 1. The van der Waals surface area contributed by atoms with Gasteiger partial charge in [-0.05, 0) is 32.5 Å². The highest BCUT2D eigenvalue weighted by atomic mass is 16.5. The number of likely N-dealkylation sites (N-methyl/N-ethyl adjacent to an activating group) is 1. The minimum atomic E-state index is 0. The fraction of sp³-hybridized carbons (Fsp3) is 1.00. The molecule has 4 nitrogen and oxygen atoms in total. The summed E-state index contributed by atoms with van der Waals surface area (Å²) in [4.78, 5) is 2.43. The summed E-state index contributed by atoms with van der Waals surface area (Å²) >= 11 is 0. The monoisotopic (exact) mass is 292 g/mol. The van der Waals surface area contributed by atoms with Crippen LogP contribution in [0.15, 0.2) is 0 Å². The van der Waals surface area contributed by atoms with Gasteiger partial charge >= 0.3 is 0 Å². The summed E-state index contributed by atoms with van der Waals surface area (Å²) < 4.78 is 11.1. The van der Waals surface area contributed by atoms with Crippen LogP contribution in [0.5, 0.6) is 0 Å². The molecule has 1 atom stereocenters. The zero-order valence-corrected chi connectivity index (χ0v) is 14.9. The molecule has 0 heterocycles. The van der Waals surface area contributed by atoms with E-state index in [1.165, 1.54) is 0 Å². The lowest BCUT2D eigenvalue weighted by molar-refractivity contribution is -0.0108. The molecule has 0 aliphatic rings. The second kappa shape index (κ2) is 16.9. The molecule has 0 aliphatic heterocycles. The second-order valence-corrected chi connectivity index (χ2v) is 5.14. The maximum absolute atomic E-state index is 5.65. The van der Waals surface area contributed by atoms with Gasteiger partial charge < -0.3 is 19.7 Å². The zero-order valence-electron chi connectivity index (χ0n) is 14.9. The molecule has 0 aromatic rings. The second-order valence-electron chi connectivity index (χ2n) is 5.14. The largest absolute Gasteiger partial charge is 0.379 e. The van der Waals surface area contributed by atoms with Crippen molar-refractivity contribution in [3.8, 4) is 0 Å². The summed E-state index contributed by atoms with van der Waals surface area (Å²) in [5, 5.41) is 3.11. The van der Waals surface area contributed by atoms with Crippen molar-refractivity contribution in [1.82, 2.24) is 10.2 Å². The van der Waals surface area contributed by atoms with Crippen molar-refractivity contribution in [2.75, 3.05) is 53.6 Å². The molecule has 1 N–H and O–H groups in total. The summed E-state index contributed by atoms with van der Waals surface area (Å²) in [7, 11) is 3.73. The van der Waals surface area contributed by atoms with Gasteiger partial charge in [-0.1, -0.05) is 34.6 Å². The van der Waals surface area contributed by atoms with Gasteiger partial charge in [-0.25, -0.2) is 0 Å². The van der Waals surface area contributed by atoms with E-state index in [1.807, 2.05) is 20.9 Å². The highest BCUT2D eigenvalue weighted by molar-refractivity contribution is 4.66. The first-order valence-corrected chi connectivity index (χ1v) is 8.11. The number of ether oxygens (including phenoxy) is 2. The van der Waals surface area contributed by atoms with Crippen LogP contribution in [0, 0.1) is 5.92 Å². The molecule has 0 rings (SSSR count). The van der Waals surface area contributed by atoms with E-state index < -0.39 is 0 Å². The third-order valence-corrected chi connectivity index (χ3v) is 2.88. The van der Waals surface area contributed by atoms with Crippen molar-refractivity contribution in [3.05, 3.63) is 0 Å². The Morgan fingerprint density at radius 3 is 2.30 bits per heavy atom. The van der Waals surface area contributed by atoms with Crippen LogP contribution in [0.1, 0.15) is 42.5 Å². The Balaban J connectivity index is -0.00000103. The van der Waals surface area contributed by atoms with Crippen molar-refractivity contribution in [2.24, 2.45) is 5.92 Å². The lowest BCUT2D eigenvalue weighted by Crippen LogP contribution is -2.38. The quantitative estimate of drug-likeness (QED) is 0.561. The van der Waals surface area contributed by atoms with Crippen LogP contribution in [0.4, 0.5) is 0 Å². The lowest BCUT2D eigenvalue weighted by Gasteiger charge is -2.27. The SMILES string of the molecule is CC.CCN(CC(C)C)C[C@@H](COCCCNC)OC.[HH]. The first kappa shape index (κ1) is 22.1. The van der Waals surface area contributed by atoms with Crippen LogP contribution in [-0.2, 0) is 9.47 Å². The molecule has 0 aromatic heterocycles. The summed E-state index contributed by atoms with van der Waals surface area (Å²) in [5.41, 5.74) is 0. The minimum absolute atomic E-state index is 0. The lowest BCUT2D eigenvalue weighted by atomic mass is 10.2. The first-order valence-electron chi connectivity index (χ1n) is 8.11. The number of hydrogen-bond acceptors (Lipinski definition) is 4. The molecule has 0 bridgehead atoms. The van der Waals surface area contributed by atoms with Gasteiger partial charge in [-0.2, -0.15) is 0 Å². The molecule has 0 aliphatic carbocycles. The molecule has 0 saturated heterocycles. The minimum Gasteiger partial charge on any atom is -0.379 e. The normalized spacial score (nSPS) is 12.4. The predicted molar refractivity (Wildman–Crippen MR) is 90.6 cm³/mol. The van der Waals surface area contributed by atoms with Crippen LogP contribution >= 0.6 is 0 Å². The van der Waals surface area contributed by atoms with Crippen LogP contribution in [0.3, 0.4) is 0 Å². The Kier molecular flexibility index (Phi) is 18.7. The Hall–Kier alpha value is -0.160. The zero-order chi connectivity index (χ0) is 15.8. The van der Waals surface area contributed by atoms with Crippen molar-refractivity contribution >= 4 is 0 Å². The molecule has 0 amide bonds. The number of hydrogen-bond donors (Lipinski definition) is 1. The molecule has 126 valence electrons. The summed E-state index contributed by atoms with van der Waals surface area (Å²) in [6.07, 6.45) is 1.23. The smallest absolute Gasteiger partial charge is 0.0931 e. The Labute approximate surface area is 128 Å². The maximum atomic E-state index is 5.65.